The Labute approximate surface area is 96.0 Å². The molecule has 0 atom stereocenters. The van der Waals surface area contributed by atoms with Gasteiger partial charge in [0.25, 0.3) is 5.91 Å². The van der Waals surface area contributed by atoms with Crippen molar-refractivity contribution in [1.29, 1.82) is 0 Å². The SMILES string of the molecule is CC#CC(=O)NCc1cc(Br)ccc1F. The molecule has 0 unspecified atom stereocenters. The first-order chi connectivity index (χ1) is 7.13. The molecule has 1 aromatic carbocycles. The second kappa shape index (κ2) is 5.52. The molecule has 0 fully saturated rings. The third-order valence-corrected chi connectivity index (χ3v) is 2.18. The van der Waals surface area contributed by atoms with Gasteiger partial charge in [0.05, 0.1) is 0 Å². The maximum absolute atomic E-state index is 13.2. The van der Waals surface area contributed by atoms with Crippen LogP contribution in [-0.2, 0) is 11.3 Å². The van der Waals surface area contributed by atoms with Gasteiger partial charge in [-0.15, -0.1) is 0 Å². The molecule has 0 aliphatic heterocycles. The van der Waals surface area contributed by atoms with Crippen molar-refractivity contribution in [3.8, 4) is 11.8 Å². The van der Waals surface area contributed by atoms with Crippen molar-refractivity contribution < 1.29 is 9.18 Å². The van der Waals surface area contributed by atoms with Gasteiger partial charge in [-0.1, -0.05) is 21.9 Å². The summed E-state index contributed by atoms with van der Waals surface area (Å²) in [7, 11) is 0. The molecule has 0 saturated carbocycles. The molecule has 78 valence electrons. The summed E-state index contributed by atoms with van der Waals surface area (Å²) in [4.78, 5) is 11.0. The van der Waals surface area contributed by atoms with Crippen molar-refractivity contribution in [2.75, 3.05) is 0 Å². The fraction of sp³-hybridized carbons (Fsp3) is 0.182. The molecule has 0 heterocycles. The maximum Gasteiger partial charge on any atom is 0.296 e. The third-order valence-electron chi connectivity index (χ3n) is 1.69. The second-order valence-electron chi connectivity index (χ2n) is 2.79. The topological polar surface area (TPSA) is 29.1 Å². The van der Waals surface area contributed by atoms with E-state index in [0.717, 1.165) is 4.47 Å². The van der Waals surface area contributed by atoms with Gasteiger partial charge in [-0.3, -0.25) is 4.79 Å². The lowest BCUT2D eigenvalue weighted by atomic mass is 10.2. The van der Waals surface area contributed by atoms with Gasteiger partial charge in [0.1, 0.15) is 5.82 Å². The van der Waals surface area contributed by atoms with E-state index in [2.05, 4.69) is 33.1 Å². The Morgan fingerprint density at radius 3 is 3.00 bits per heavy atom. The fourth-order valence-corrected chi connectivity index (χ4v) is 1.42. The largest absolute Gasteiger partial charge is 0.341 e. The number of hydrogen-bond donors (Lipinski definition) is 1. The van der Waals surface area contributed by atoms with E-state index < -0.39 is 5.91 Å². The molecule has 0 bridgehead atoms. The zero-order chi connectivity index (χ0) is 11.3. The van der Waals surface area contributed by atoms with Crippen LogP contribution in [0.4, 0.5) is 4.39 Å². The lowest BCUT2D eigenvalue weighted by Crippen LogP contribution is -2.21. The van der Waals surface area contributed by atoms with E-state index >= 15 is 0 Å². The van der Waals surface area contributed by atoms with Gasteiger partial charge in [-0.25, -0.2) is 4.39 Å². The van der Waals surface area contributed by atoms with E-state index in [-0.39, 0.29) is 12.4 Å². The number of amides is 1. The van der Waals surface area contributed by atoms with E-state index in [9.17, 15) is 9.18 Å². The van der Waals surface area contributed by atoms with Gasteiger partial charge in [-0.2, -0.15) is 0 Å². The molecule has 1 amide bonds. The minimum atomic E-state index is -0.406. The Kier molecular flexibility index (Phi) is 4.32. The van der Waals surface area contributed by atoms with Gasteiger partial charge >= 0.3 is 0 Å². The Balaban J connectivity index is 2.67. The predicted octanol–water partition coefficient (Wildman–Crippen LogP) is 2.23. The van der Waals surface area contributed by atoms with E-state index in [0.29, 0.717) is 5.56 Å². The lowest BCUT2D eigenvalue weighted by Gasteiger charge is -2.03. The van der Waals surface area contributed by atoms with E-state index in [4.69, 9.17) is 0 Å². The highest BCUT2D eigenvalue weighted by Crippen LogP contribution is 2.15. The van der Waals surface area contributed by atoms with Crippen LogP contribution in [0.15, 0.2) is 22.7 Å². The molecule has 0 saturated heterocycles. The summed E-state index contributed by atoms with van der Waals surface area (Å²) in [5.41, 5.74) is 0.427. The number of carbonyl (C=O) groups is 1. The van der Waals surface area contributed by atoms with Gasteiger partial charge in [0.2, 0.25) is 0 Å². The highest BCUT2D eigenvalue weighted by molar-refractivity contribution is 9.10. The molecule has 1 aromatic rings. The minimum Gasteiger partial charge on any atom is -0.341 e. The molecule has 0 aromatic heterocycles. The van der Waals surface area contributed by atoms with Crippen LogP contribution < -0.4 is 5.32 Å². The summed E-state index contributed by atoms with van der Waals surface area (Å²) in [6.07, 6.45) is 0. The summed E-state index contributed by atoms with van der Waals surface area (Å²) >= 11 is 3.23. The summed E-state index contributed by atoms with van der Waals surface area (Å²) in [6, 6.07) is 4.57. The Morgan fingerprint density at radius 1 is 1.60 bits per heavy atom. The van der Waals surface area contributed by atoms with Crippen LogP contribution in [0, 0.1) is 17.7 Å². The first-order valence-electron chi connectivity index (χ1n) is 4.28. The molecule has 2 nitrogen and oxygen atoms in total. The van der Waals surface area contributed by atoms with Crippen LogP contribution in [0.5, 0.6) is 0 Å². The van der Waals surface area contributed by atoms with Crippen molar-refractivity contribution in [2.45, 2.75) is 13.5 Å². The average Bonchev–Trinajstić information content (AvgIpc) is 2.20. The smallest absolute Gasteiger partial charge is 0.296 e. The first kappa shape index (κ1) is 11.7. The zero-order valence-electron chi connectivity index (χ0n) is 8.10. The number of hydrogen-bond acceptors (Lipinski definition) is 1. The highest BCUT2D eigenvalue weighted by atomic mass is 79.9. The van der Waals surface area contributed by atoms with Crippen molar-refractivity contribution in [2.24, 2.45) is 0 Å². The maximum atomic E-state index is 13.2. The van der Waals surface area contributed by atoms with Gasteiger partial charge in [0, 0.05) is 16.6 Å². The molecule has 4 heteroatoms. The van der Waals surface area contributed by atoms with Crippen molar-refractivity contribution in [1.82, 2.24) is 5.32 Å². The Hall–Kier alpha value is -1.34. The monoisotopic (exact) mass is 269 g/mol. The summed E-state index contributed by atoms with van der Waals surface area (Å²) in [5.74, 6) is 4.03. The molecule has 0 radical (unpaired) electrons. The third kappa shape index (κ3) is 3.72. The molecular weight excluding hydrogens is 261 g/mol. The molecule has 0 aliphatic carbocycles. The van der Waals surface area contributed by atoms with Crippen LogP contribution in [0.3, 0.4) is 0 Å². The fourth-order valence-electron chi connectivity index (χ4n) is 1.01. The second-order valence-corrected chi connectivity index (χ2v) is 3.71. The average molecular weight is 270 g/mol. The van der Waals surface area contributed by atoms with E-state index in [1.54, 1.807) is 19.1 Å². The normalized spacial score (nSPS) is 9.00. The van der Waals surface area contributed by atoms with Crippen LogP contribution >= 0.6 is 15.9 Å². The Bertz CT molecular complexity index is 434. The number of halogens is 2. The lowest BCUT2D eigenvalue weighted by molar-refractivity contribution is -0.115. The minimum absolute atomic E-state index is 0.138. The predicted molar refractivity (Wildman–Crippen MR) is 59.4 cm³/mol. The molecule has 0 aliphatic rings. The first-order valence-corrected chi connectivity index (χ1v) is 5.07. The van der Waals surface area contributed by atoms with Crippen LogP contribution in [0.2, 0.25) is 0 Å². The molecular formula is C11H9BrFNO. The van der Waals surface area contributed by atoms with Crippen molar-refractivity contribution >= 4 is 21.8 Å². The van der Waals surface area contributed by atoms with E-state index in [1.165, 1.54) is 6.07 Å². The van der Waals surface area contributed by atoms with Crippen LogP contribution in [0.1, 0.15) is 12.5 Å². The number of benzene rings is 1. The Morgan fingerprint density at radius 2 is 2.33 bits per heavy atom. The number of carbonyl (C=O) groups excluding carboxylic acids is 1. The zero-order valence-corrected chi connectivity index (χ0v) is 9.69. The summed E-state index contributed by atoms with van der Waals surface area (Å²) < 4.78 is 14.0. The number of nitrogens with one attached hydrogen (secondary N) is 1. The molecule has 1 rings (SSSR count). The van der Waals surface area contributed by atoms with Crippen molar-refractivity contribution in [3.05, 3.63) is 34.1 Å². The van der Waals surface area contributed by atoms with Crippen LogP contribution in [-0.4, -0.2) is 5.91 Å². The molecule has 15 heavy (non-hydrogen) atoms. The quantitative estimate of drug-likeness (QED) is 0.820. The van der Waals surface area contributed by atoms with E-state index in [1.807, 2.05) is 0 Å². The van der Waals surface area contributed by atoms with Crippen molar-refractivity contribution in [3.63, 3.8) is 0 Å². The highest BCUT2D eigenvalue weighted by Gasteiger charge is 2.03. The van der Waals surface area contributed by atoms with Gasteiger partial charge < -0.3 is 5.32 Å². The van der Waals surface area contributed by atoms with Gasteiger partial charge in [-0.05, 0) is 31.0 Å². The number of rotatable bonds is 2. The standard InChI is InChI=1S/C11H9BrFNO/c1-2-3-11(15)14-7-8-6-9(12)4-5-10(8)13/h4-6H,7H2,1H3,(H,14,15). The molecule has 1 N–H and O–H groups in total. The molecule has 0 spiro atoms. The van der Waals surface area contributed by atoms with Gasteiger partial charge in [0.15, 0.2) is 0 Å². The summed E-state index contributed by atoms with van der Waals surface area (Å²) in [6.45, 7) is 1.71. The van der Waals surface area contributed by atoms with Crippen LogP contribution in [0.25, 0.3) is 0 Å². The summed E-state index contributed by atoms with van der Waals surface area (Å²) in [5, 5.41) is 2.49.